The zero-order valence-corrected chi connectivity index (χ0v) is 39.0. The van der Waals surface area contributed by atoms with Crippen LogP contribution in [0.15, 0.2) is 109 Å². The fourth-order valence-electron chi connectivity index (χ4n) is 9.36. The molecule has 0 spiro atoms. The first kappa shape index (κ1) is 47.5. The first-order chi connectivity index (χ1) is 33.5. The largest absolute Gasteiger partial charge is 0.481 e. The summed E-state index contributed by atoms with van der Waals surface area (Å²) in [6.45, 7) is 11.1. The Morgan fingerprint density at radius 1 is 0.557 bits per heavy atom. The van der Waals surface area contributed by atoms with Crippen LogP contribution >= 0.6 is 0 Å². The van der Waals surface area contributed by atoms with E-state index in [1.54, 1.807) is 110 Å². The molecule has 2 atom stereocenters. The van der Waals surface area contributed by atoms with Gasteiger partial charge in [-0.3, -0.25) is 19.2 Å². The topological polar surface area (TPSA) is 184 Å². The number of aliphatic carboxylic acids is 1. The number of morpholine rings is 2. The van der Waals surface area contributed by atoms with Crippen molar-refractivity contribution in [3.05, 3.63) is 154 Å². The van der Waals surface area contributed by atoms with Crippen molar-refractivity contribution in [2.24, 2.45) is 16.6 Å². The summed E-state index contributed by atoms with van der Waals surface area (Å²) < 4.78 is 51.8. The number of ether oxygens (including phenoxy) is 4. The fourth-order valence-corrected chi connectivity index (χ4v) is 9.36. The maximum Gasteiger partial charge on any atom is 0.310 e. The number of carbonyl (C=O) groups is 4. The van der Waals surface area contributed by atoms with Gasteiger partial charge in [-0.25, -0.2) is 18.7 Å². The first-order valence-corrected chi connectivity index (χ1v) is 23.0. The molecule has 4 aliphatic rings. The number of carboxylic acid groups (broad SMARTS) is 1. The molecule has 70 heavy (non-hydrogen) atoms. The Balaban J connectivity index is 0.000000174. The number of carboxylic acids is 1. The number of para-hydroxylation sites is 2. The van der Waals surface area contributed by atoms with Gasteiger partial charge in [0.1, 0.15) is 0 Å². The molecule has 2 saturated heterocycles. The van der Waals surface area contributed by atoms with Crippen LogP contribution in [0.3, 0.4) is 0 Å². The Morgan fingerprint density at radius 3 is 1.31 bits per heavy atom. The molecule has 2 aromatic heterocycles. The number of carbonyl (C=O) groups excluding carboxylic acids is 3. The van der Waals surface area contributed by atoms with Gasteiger partial charge in [0.15, 0.2) is 23.1 Å². The number of fused-ring (bicyclic) bond motifs is 4. The number of pyridine rings is 2. The third-order valence-electron chi connectivity index (χ3n) is 13.5. The number of primary amides is 1. The SMILES string of the molecule is CC(C)(C(=O)O)[C@@H]1c2ccc(-c3ccc(C(=O)N4CCOCC4)cc3)nc2Oc2c(F)cccc21.CC(C)(C(N)=O)[C@@H]1c2ccc(-c3ccc(C(=O)N4CCOCC4)cc3)nc2Oc2c(F)cccc21. The molecule has 4 aromatic carbocycles. The summed E-state index contributed by atoms with van der Waals surface area (Å²) in [7, 11) is 0. The highest BCUT2D eigenvalue weighted by Gasteiger charge is 2.46. The molecule has 0 radical (unpaired) electrons. The number of nitrogens with zero attached hydrogens (tertiary/aromatic N) is 4. The standard InChI is InChI=1S/C27H26FN3O4.C27H25FN2O5/c1-27(2,26(29)33)22-18-4-3-5-20(28)23(18)35-24-19(22)10-11-21(30-24)16-6-8-17(9-7-16)25(32)31-12-14-34-15-13-31;1-27(2,26(32)33)22-18-4-3-5-20(28)23(18)35-24-19(22)10-11-21(29-24)16-6-8-17(9-7-16)25(31)30-12-14-34-15-13-30/h3-11,22H,12-15H2,1-2H3,(H2,29,33);3-11,22H,12-15H2,1-2H3,(H,32,33)/t2*22-/m00/s1. The van der Waals surface area contributed by atoms with Crippen molar-refractivity contribution in [1.82, 2.24) is 19.8 Å². The number of amides is 3. The molecule has 14 nitrogen and oxygen atoms in total. The molecule has 16 heteroatoms. The van der Waals surface area contributed by atoms with E-state index in [2.05, 4.69) is 9.97 Å². The Morgan fingerprint density at radius 2 is 0.943 bits per heavy atom. The van der Waals surface area contributed by atoms with Gasteiger partial charge in [-0.2, -0.15) is 0 Å². The van der Waals surface area contributed by atoms with Crippen molar-refractivity contribution in [2.75, 3.05) is 52.6 Å². The predicted molar refractivity (Wildman–Crippen MR) is 254 cm³/mol. The van der Waals surface area contributed by atoms with Crippen molar-refractivity contribution >= 4 is 23.7 Å². The minimum Gasteiger partial charge on any atom is -0.481 e. The Bertz CT molecular complexity index is 2800. The molecule has 6 heterocycles. The normalized spacial score (nSPS) is 17.2. The van der Waals surface area contributed by atoms with Gasteiger partial charge in [-0.05, 0) is 62.4 Å². The second kappa shape index (κ2) is 19.1. The second-order valence-corrected chi connectivity index (χ2v) is 18.6. The van der Waals surface area contributed by atoms with Gasteiger partial charge >= 0.3 is 5.97 Å². The molecule has 0 saturated carbocycles. The maximum absolute atomic E-state index is 14.7. The summed E-state index contributed by atoms with van der Waals surface area (Å²) in [5.74, 6) is -3.42. The number of aromatic nitrogens is 2. The van der Waals surface area contributed by atoms with Crippen LogP contribution in [0.5, 0.6) is 23.3 Å². The lowest BCUT2D eigenvalue weighted by molar-refractivity contribution is -0.147. The summed E-state index contributed by atoms with van der Waals surface area (Å²) in [5.41, 5.74) is 9.64. The van der Waals surface area contributed by atoms with Crippen molar-refractivity contribution in [1.29, 1.82) is 0 Å². The van der Waals surface area contributed by atoms with E-state index in [1.165, 1.54) is 12.1 Å². The molecule has 3 N–H and O–H groups in total. The van der Waals surface area contributed by atoms with E-state index >= 15 is 0 Å². The van der Waals surface area contributed by atoms with Crippen molar-refractivity contribution in [3.8, 4) is 45.8 Å². The molecule has 0 bridgehead atoms. The maximum atomic E-state index is 14.7. The van der Waals surface area contributed by atoms with Gasteiger partial charge in [0, 0.05) is 82.5 Å². The lowest BCUT2D eigenvalue weighted by Crippen LogP contribution is -2.40. The van der Waals surface area contributed by atoms with Gasteiger partial charge in [0.25, 0.3) is 11.8 Å². The molecule has 0 unspecified atom stereocenters. The molecule has 360 valence electrons. The predicted octanol–water partition coefficient (Wildman–Crippen LogP) is 8.82. The summed E-state index contributed by atoms with van der Waals surface area (Å²) >= 11 is 0. The molecule has 0 aliphatic carbocycles. The summed E-state index contributed by atoms with van der Waals surface area (Å²) in [4.78, 5) is 62.7. The van der Waals surface area contributed by atoms with Gasteiger partial charge in [0.2, 0.25) is 17.7 Å². The lowest BCUT2D eigenvalue weighted by atomic mass is 9.70. The molecule has 3 amide bonds. The van der Waals surface area contributed by atoms with Crippen molar-refractivity contribution in [2.45, 2.75) is 39.5 Å². The molecule has 2 fully saturated rings. The Labute approximate surface area is 403 Å². The van der Waals surface area contributed by atoms with E-state index in [4.69, 9.17) is 24.7 Å². The molecule has 4 aliphatic heterocycles. The second-order valence-electron chi connectivity index (χ2n) is 18.6. The number of halogens is 2. The Kier molecular flexibility index (Phi) is 13.0. The van der Waals surface area contributed by atoms with E-state index < -0.39 is 46.2 Å². The van der Waals surface area contributed by atoms with Crippen LogP contribution in [0.4, 0.5) is 8.78 Å². The van der Waals surface area contributed by atoms with Crippen LogP contribution in [0.25, 0.3) is 22.5 Å². The van der Waals surface area contributed by atoms with Gasteiger partial charge in [-0.1, -0.05) is 74.5 Å². The molecular formula is C54H51F2N5O9. The Hall–Kier alpha value is -7.56. The number of nitrogens with two attached hydrogens (primary N) is 1. The molecule has 10 rings (SSSR count). The number of rotatable bonds is 8. The monoisotopic (exact) mass is 951 g/mol. The summed E-state index contributed by atoms with van der Waals surface area (Å²) in [6.07, 6.45) is 0. The third kappa shape index (κ3) is 8.95. The van der Waals surface area contributed by atoms with Gasteiger partial charge < -0.3 is 39.6 Å². The van der Waals surface area contributed by atoms with Crippen LogP contribution in [-0.4, -0.2) is 101 Å². The third-order valence-corrected chi connectivity index (χ3v) is 13.5. The minimum absolute atomic E-state index is 0.00423. The summed E-state index contributed by atoms with van der Waals surface area (Å²) in [6, 6.07) is 30.7. The zero-order valence-electron chi connectivity index (χ0n) is 39.0. The zero-order chi connectivity index (χ0) is 49.5. The van der Waals surface area contributed by atoms with Crippen molar-refractivity contribution in [3.63, 3.8) is 0 Å². The number of hydrogen-bond donors (Lipinski definition) is 2. The average molecular weight is 952 g/mol. The van der Waals surface area contributed by atoms with E-state index in [0.717, 1.165) is 11.1 Å². The fraction of sp³-hybridized carbons (Fsp3) is 0.296. The first-order valence-electron chi connectivity index (χ1n) is 23.0. The van der Waals surface area contributed by atoms with Crippen LogP contribution in [0.1, 0.15) is 82.5 Å². The quantitative estimate of drug-likeness (QED) is 0.149. The van der Waals surface area contributed by atoms with E-state index in [9.17, 15) is 33.1 Å². The summed E-state index contributed by atoms with van der Waals surface area (Å²) in [5, 5.41) is 9.92. The van der Waals surface area contributed by atoms with E-state index in [-0.39, 0.29) is 35.1 Å². The smallest absolute Gasteiger partial charge is 0.310 e. The van der Waals surface area contributed by atoms with Gasteiger partial charge in [0.05, 0.1) is 48.6 Å². The van der Waals surface area contributed by atoms with Crippen molar-refractivity contribution < 1.29 is 52.0 Å². The van der Waals surface area contributed by atoms with E-state index in [1.807, 2.05) is 24.3 Å². The van der Waals surface area contributed by atoms with Crippen LogP contribution in [0, 0.1) is 22.5 Å². The molecule has 6 aromatic rings. The minimum atomic E-state index is -1.23. The number of benzene rings is 4. The van der Waals surface area contributed by atoms with Gasteiger partial charge in [-0.15, -0.1) is 0 Å². The highest BCUT2D eigenvalue weighted by atomic mass is 19.1. The molecular weight excluding hydrogens is 901 g/mol. The van der Waals surface area contributed by atoms with E-state index in [0.29, 0.717) is 97.4 Å². The highest BCUT2D eigenvalue weighted by Crippen LogP contribution is 2.54. The highest BCUT2D eigenvalue weighted by molar-refractivity contribution is 5.95. The number of hydrogen-bond acceptors (Lipinski definition) is 10. The van der Waals surface area contributed by atoms with Crippen LogP contribution in [-0.2, 0) is 19.1 Å². The lowest BCUT2D eigenvalue weighted by Gasteiger charge is -2.36. The average Bonchev–Trinajstić information content (AvgIpc) is 3.37. The van der Waals surface area contributed by atoms with Crippen LogP contribution in [0.2, 0.25) is 0 Å². The van der Waals surface area contributed by atoms with Crippen LogP contribution < -0.4 is 15.2 Å².